The van der Waals surface area contributed by atoms with Crippen molar-refractivity contribution in [3.05, 3.63) is 107 Å². The van der Waals surface area contributed by atoms with Gasteiger partial charge in [-0.05, 0) is 105 Å². The van der Waals surface area contributed by atoms with Gasteiger partial charge in [-0.3, -0.25) is 9.78 Å². The molecule has 3 heterocycles. The molecule has 1 aliphatic heterocycles. The summed E-state index contributed by atoms with van der Waals surface area (Å²) in [4.78, 5) is 18.4. The molecule has 2 aromatic heterocycles. The van der Waals surface area contributed by atoms with Crippen LogP contribution in [0.5, 0.6) is 0 Å². The Morgan fingerprint density at radius 1 is 1.00 bits per heavy atom. The largest absolute Gasteiger partial charge is 0.351 e. The topological polar surface area (TPSA) is 62.2 Å². The predicted molar refractivity (Wildman–Crippen MR) is 153 cm³/mol. The van der Waals surface area contributed by atoms with Gasteiger partial charge in [-0.15, -0.1) is 0 Å². The Morgan fingerprint density at radius 2 is 1.76 bits per heavy atom. The molecule has 0 spiro atoms. The summed E-state index contributed by atoms with van der Waals surface area (Å²) in [5.41, 5.74) is 9.88. The van der Waals surface area contributed by atoms with Gasteiger partial charge >= 0.3 is 0 Å². The van der Waals surface area contributed by atoms with E-state index in [9.17, 15) is 4.79 Å². The normalized spacial score (nSPS) is 17.1. The standard InChI is InChI=1S/C30H31N5OS/c1-18-9-8-11-27(20(18)3)34-19(2)17-25(21(34)4)29-28(26-10-6-7-16-31-26)33-30(37)35(29)24-14-12-23(13-15-24)32-22(5)36/h6-17,28-29H,1-5H3,(H,32,36)(H,33,37)/t28-,29+/m1/s1. The predicted octanol–water partition coefficient (Wildman–Crippen LogP) is 6.24. The van der Waals surface area contributed by atoms with Crippen molar-refractivity contribution >= 4 is 34.6 Å². The quantitative estimate of drug-likeness (QED) is 0.312. The third kappa shape index (κ3) is 4.51. The summed E-state index contributed by atoms with van der Waals surface area (Å²) in [5.74, 6) is -0.0990. The molecule has 7 heteroatoms. The van der Waals surface area contributed by atoms with E-state index in [0.717, 1.165) is 17.1 Å². The highest BCUT2D eigenvalue weighted by Gasteiger charge is 2.42. The first-order chi connectivity index (χ1) is 17.8. The van der Waals surface area contributed by atoms with Gasteiger partial charge in [-0.25, -0.2) is 0 Å². The number of carbonyl (C=O) groups excluding carboxylic acids is 1. The molecular formula is C30H31N5OS. The van der Waals surface area contributed by atoms with E-state index in [0.29, 0.717) is 5.11 Å². The number of hydrogen-bond acceptors (Lipinski definition) is 3. The molecular weight excluding hydrogens is 478 g/mol. The number of carbonyl (C=O) groups is 1. The van der Waals surface area contributed by atoms with Crippen molar-refractivity contribution < 1.29 is 4.79 Å². The summed E-state index contributed by atoms with van der Waals surface area (Å²) in [5, 5.41) is 7.03. The fourth-order valence-corrected chi connectivity index (χ4v) is 5.64. The molecule has 1 saturated heterocycles. The van der Waals surface area contributed by atoms with Crippen molar-refractivity contribution in [3.63, 3.8) is 0 Å². The van der Waals surface area contributed by atoms with E-state index in [1.807, 2.05) is 48.7 Å². The van der Waals surface area contributed by atoms with Crippen LogP contribution in [0, 0.1) is 27.7 Å². The Balaban J connectivity index is 1.65. The number of anilines is 2. The molecule has 1 aliphatic rings. The van der Waals surface area contributed by atoms with Gasteiger partial charge in [0, 0.05) is 41.6 Å². The molecule has 0 aliphatic carbocycles. The average molecular weight is 510 g/mol. The number of nitrogens with zero attached hydrogens (tertiary/aromatic N) is 3. The zero-order valence-electron chi connectivity index (χ0n) is 21.7. The van der Waals surface area contributed by atoms with E-state index in [4.69, 9.17) is 12.2 Å². The van der Waals surface area contributed by atoms with Gasteiger partial charge in [0.25, 0.3) is 0 Å². The minimum Gasteiger partial charge on any atom is -0.351 e. The summed E-state index contributed by atoms with van der Waals surface area (Å²) in [6.07, 6.45) is 1.82. The minimum absolute atomic E-state index is 0.0990. The number of thiocarbonyl (C=S) groups is 1. The lowest BCUT2D eigenvalue weighted by molar-refractivity contribution is -0.114. The zero-order chi connectivity index (χ0) is 26.3. The molecule has 2 atom stereocenters. The molecule has 0 radical (unpaired) electrons. The van der Waals surface area contributed by atoms with Crippen molar-refractivity contribution in [1.29, 1.82) is 0 Å². The monoisotopic (exact) mass is 509 g/mol. The SMILES string of the molecule is CC(=O)Nc1ccc(N2C(=S)N[C@H](c3ccccn3)[C@@H]2c2cc(C)n(-c3cccc(C)c3C)c2C)cc1. The maximum absolute atomic E-state index is 11.5. The second-order valence-electron chi connectivity index (χ2n) is 9.61. The van der Waals surface area contributed by atoms with Crippen LogP contribution in [-0.4, -0.2) is 20.6 Å². The first kappa shape index (κ1) is 24.7. The van der Waals surface area contributed by atoms with Gasteiger partial charge in [0.15, 0.2) is 5.11 Å². The number of benzene rings is 2. The molecule has 0 unspecified atom stereocenters. The first-order valence-electron chi connectivity index (χ1n) is 12.4. The fourth-order valence-electron chi connectivity index (χ4n) is 5.29. The molecule has 6 nitrogen and oxygen atoms in total. The van der Waals surface area contributed by atoms with Crippen LogP contribution in [0.4, 0.5) is 11.4 Å². The maximum Gasteiger partial charge on any atom is 0.221 e. The van der Waals surface area contributed by atoms with Crippen molar-refractivity contribution in [2.75, 3.05) is 10.2 Å². The van der Waals surface area contributed by atoms with Crippen molar-refractivity contribution in [2.24, 2.45) is 0 Å². The number of pyridine rings is 1. The number of aromatic nitrogens is 2. The highest BCUT2D eigenvalue weighted by Crippen LogP contribution is 2.44. The highest BCUT2D eigenvalue weighted by molar-refractivity contribution is 7.80. The molecule has 2 N–H and O–H groups in total. The molecule has 2 aromatic carbocycles. The van der Waals surface area contributed by atoms with E-state index in [2.05, 4.69) is 77.0 Å². The zero-order valence-corrected chi connectivity index (χ0v) is 22.6. The fraction of sp³-hybridized carbons (Fsp3) is 0.233. The van der Waals surface area contributed by atoms with Crippen LogP contribution in [0.15, 0.2) is 72.9 Å². The van der Waals surface area contributed by atoms with Gasteiger partial charge in [-0.1, -0.05) is 18.2 Å². The minimum atomic E-state index is -0.128. The van der Waals surface area contributed by atoms with E-state index >= 15 is 0 Å². The summed E-state index contributed by atoms with van der Waals surface area (Å²) >= 11 is 5.90. The van der Waals surface area contributed by atoms with E-state index < -0.39 is 0 Å². The Hall–Kier alpha value is -3.97. The summed E-state index contributed by atoms with van der Waals surface area (Å²) in [7, 11) is 0. The smallest absolute Gasteiger partial charge is 0.221 e. The molecule has 4 aromatic rings. The van der Waals surface area contributed by atoms with Crippen LogP contribution >= 0.6 is 12.2 Å². The Bertz CT molecular complexity index is 1480. The number of nitrogens with one attached hydrogen (secondary N) is 2. The highest BCUT2D eigenvalue weighted by atomic mass is 32.1. The maximum atomic E-state index is 11.5. The molecule has 188 valence electrons. The van der Waals surface area contributed by atoms with E-state index in [1.54, 1.807) is 0 Å². The van der Waals surface area contributed by atoms with Crippen molar-refractivity contribution in [3.8, 4) is 5.69 Å². The van der Waals surface area contributed by atoms with Crippen LogP contribution in [0.2, 0.25) is 0 Å². The second kappa shape index (κ2) is 9.82. The van der Waals surface area contributed by atoms with Gasteiger partial charge in [-0.2, -0.15) is 0 Å². The Morgan fingerprint density at radius 3 is 2.43 bits per heavy atom. The van der Waals surface area contributed by atoms with Crippen LogP contribution < -0.4 is 15.5 Å². The average Bonchev–Trinajstić information content (AvgIpc) is 3.37. The van der Waals surface area contributed by atoms with Crippen LogP contribution in [0.25, 0.3) is 5.69 Å². The molecule has 1 fully saturated rings. The third-order valence-electron chi connectivity index (χ3n) is 7.17. The van der Waals surface area contributed by atoms with Gasteiger partial charge < -0.3 is 20.1 Å². The molecule has 1 amide bonds. The van der Waals surface area contributed by atoms with Gasteiger partial charge in [0.05, 0.1) is 17.8 Å². The lowest BCUT2D eigenvalue weighted by atomic mass is 9.96. The van der Waals surface area contributed by atoms with Crippen LogP contribution in [-0.2, 0) is 4.79 Å². The Labute approximate surface area is 223 Å². The van der Waals surface area contributed by atoms with Crippen molar-refractivity contribution in [1.82, 2.24) is 14.9 Å². The number of hydrogen-bond donors (Lipinski definition) is 2. The molecule has 5 rings (SSSR count). The molecule has 0 bridgehead atoms. The summed E-state index contributed by atoms with van der Waals surface area (Å²) < 4.78 is 2.34. The van der Waals surface area contributed by atoms with E-state index in [1.165, 1.54) is 40.7 Å². The molecule has 37 heavy (non-hydrogen) atoms. The number of amides is 1. The summed E-state index contributed by atoms with van der Waals surface area (Å²) in [6.45, 7) is 10.2. The van der Waals surface area contributed by atoms with E-state index in [-0.39, 0.29) is 18.0 Å². The first-order valence-corrected chi connectivity index (χ1v) is 12.8. The second-order valence-corrected chi connectivity index (χ2v) is 9.99. The lowest BCUT2D eigenvalue weighted by Crippen LogP contribution is -2.29. The number of rotatable bonds is 5. The third-order valence-corrected chi connectivity index (χ3v) is 7.48. The van der Waals surface area contributed by atoms with Crippen molar-refractivity contribution in [2.45, 2.75) is 46.7 Å². The van der Waals surface area contributed by atoms with Gasteiger partial charge in [0.1, 0.15) is 0 Å². The Kier molecular flexibility index (Phi) is 6.56. The van der Waals surface area contributed by atoms with Crippen LogP contribution in [0.1, 0.15) is 52.8 Å². The van der Waals surface area contributed by atoms with Gasteiger partial charge in [0.2, 0.25) is 5.91 Å². The lowest BCUT2D eigenvalue weighted by Gasteiger charge is -2.28. The molecule has 0 saturated carbocycles. The van der Waals surface area contributed by atoms with Crippen LogP contribution in [0.3, 0.4) is 0 Å². The number of aryl methyl sites for hydroxylation is 2. The summed E-state index contributed by atoms with van der Waals surface area (Å²) in [6, 6.07) is 22.3.